The number of halogens is 2. The van der Waals surface area contributed by atoms with Gasteiger partial charge in [-0.3, -0.25) is 9.59 Å². The van der Waals surface area contributed by atoms with Crippen LogP contribution in [-0.2, 0) is 4.79 Å². The smallest absolute Gasteiger partial charge is 0.254 e. The summed E-state index contributed by atoms with van der Waals surface area (Å²) in [4.78, 5) is 29.4. The minimum Gasteiger partial charge on any atom is -0.341 e. The molecule has 1 atom stereocenters. The first-order chi connectivity index (χ1) is 12.0. The molecule has 7 heteroatoms. The van der Waals surface area contributed by atoms with Gasteiger partial charge in [-0.05, 0) is 50.9 Å². The molecule has 0 aromatic heterocycles. The molecular formula is C18H23Cl2N3O2. The van der Waals surface area contributed by atoms with Crippen LogP contribution in [0.4, 0.5) is 0 Å². The fourth-order valence-corrected chi connectivity index (χ4v) is 3.96. The Morgan fingerprint density at radius 2 is 1.80 bits per heavy atom. The zero-order chi connectivity index (χ0) is 18.0. The third-order valence-electron chi connectivity index (χ3n) is 5.18. The largest absolute Gasteiger partial charge is 0.341 e. The summed E-state index contributed by atoms with van der Waals surface area (Å²) in [6.45, 7) is 2.09. The monoisotopic (exact) mass is 383 g/mol. The van der Waals surface area contributed by atoms with Crippen molar-refractivity contribution in [3.63, 3.8) is 0 Å². The van der Waals surface area contributed by atoms with Crippen molar-refractivity contribution in [3.8, 4) is 0 Å². The second-order valence-electron chi connectivity index (χ2n) is 6.67. The lowest BCUT2D eigenvalue weighted by Crippen LogP contribution is -2.51. The molecule has 0 radical (unpaired) electrons. The molecule has 136 valence electrons. The van der Waals surface area contributed by atoms with E-state index < -0.39 is 0 Å². The van der Waals surface area contributed by atoms with E-state index in [0.717, 1.165) is 38.8 Å². The third-order valence-corrected chi connectivity index (χ3v) is 5.92. The van der Waals surface area contributed by atoms with Crippen molar-refractivity contribution in [2.75, 3.05) is 26.7 Å². The molecule has 0 aliphatic carbocycles. The maximum Gasteiger partial charge on any atom is 0.254 e. The Bertz CT molecular complexity index is 660. The number of likely N-dealkylation sites (tertiary alicyclic amines) is 2. The van der Waals surface area contributed by atoms with Gasteiger partial charge in [0.1, 0.15) is 6.04 Å². The maximum atomic E-state index is 12.9. The number of piperidine rings is 1. The van der Waals surface area contributed by atoms with Crippen molar-refractivity contribution in [2.24, 2.45) is 0 Å². The fraction of sp³-hybridized carbons (Fsp3) is 0.556. The third kappa shape index (κ3) is 3.94. The summed E-state index contributed by atoms with van der Waals surface area (Å²) in [6, 6.07) is 4.96. The Labute approximate surface area is 158 Å². The van der Waals surface area contributed by atoms with Crippen LogP contribution in [0.2, 0.25) is 10.0 Å². The van der Waals surface area contributed by atoms with Gasteiger partial charge in [-0.25, -0.2) is 0 Å². The van der Waals surface area contributed by atoms with Gasteiger partial charge in [0.25, 0.3) is 5.91 Å². The minimum absolute atomic E-state index is 0.0699. The predicted octanol–water partition coefficient (Wildman–Crippen LogP) is 2.81. The highest BCUT2D eigenvalue weighted by molar-refractivity contribution is 6.42. The quantitative estimate of drug-likeness (QED) is 0.872. The van der Waals surface area contributed by atoms with E-state index in [9.17, 15) is 9.59 Å². The predicted molar refractivity (Wildman–Crippen MR) is 99.2 cm³/mol. The van der Waals surface area contributed by atoms with E-state index in [1.165, 1.54) is 0 Å². The molecule has 1 aromatic rings. The van der Waals surface area contributed by atoms with Crippen molar-refractivity contribution >= 4 is 35.0 Å². The second-order valence-corrected chi connectivity index (χ2v) is 7.49. The molecule has 25 heavy (non-hydrogen) atoms. The van der Waals surface area contributed by atoms with E-state index in [1.54, 1.807) is 23.1 Å². The summed E-state index contributed by atoms with van der Waals surface area (Å²) in [6.07, 6.45) is 3.47. The van der Waals surface area contributed by atoms with Crippen LogP contribution in [0.5, 0.6) is 0 Å². The van der Waals surface area contributed by atoms with Gasteiger partial charge in [0.05, 0.1) is 10.0 Å². The first kappa shape index (κ1) is 18.5. The highest BCUT2D eigenvalue weighted by Crippen LogP contribution is 2.27. The summed E-state index contributed by atoms with van der Waals surface area (Å²) in [5.74, 6) is -0.0833. The molecule has 2 amide bonds. The lowest BCUT2D eigenvalue weighted by Gasteiger charge is -2.35. The normalized spacial score (nSPS) is 21.6. The molecule has 1 aromatic carbocycles. The Hall–Kier alpha value is -1.30. The molecule has 2 aliphatic heterocycles. The van der Waals surface area contributed by atoms with Crippen LogP contribution in [0.15, 0.2) is 18.2 Å². The van der Waals surface area contributed by atoms with Crippen LogP contribution in [0.25, 0.3) is 0 Å². The van der Waals surface area contributed by atoms with E-state index in [4.69, 9.17) is 23.2 Å². The molecule has 0 bridgehead atoms. The van der Waals surface area contributed by atoms with Crippen molar-refractivity contribution in [1.29, 1.82) is 0 Å². The number of hydrogen-bond donors (Lipinski definition) is 1. The van der Waals surface area contributed by atoms with Crippen LogP contribution >= 0.6 is 23.2 Å². The van der Waals surface area contributed by atoms with Crippen LogP contribution in [-0.4, -0.2) is 60.4 Å². The van der Waals surface area contributed by atoms with Gasteiger partial charge in [0, 0.05) is 31.2 Å². The molecule has 2 fully saturated rings. The first-order valence-corrected chi connectivity index (χ1v) is 9.49. The molecule has 2 aliphatic rings. The number of carbonyl (C=O) groups excluding carboxylic acids is 2. The maximum absolute atomic E-state index is 12.9. The van der Waals surface area contributed by atoms with Gasteiger partial charge in [-0.2, -0.15) is 0 Å². The minimum atomic E-state index is -0.368. The molecule has 2 saturated heterocycles. The molecule has 0 saturated carbocycles. The Morgan fingerprint density at radius 3 is 2.44 bits per heavy atom. The number of nitrogens with one attached hydrogen (secondary N) is 1. The van der Waals surface area contributed by atoms with Crippen LogP contribution in [0.1, 0.15) is 36.0 Å². The van der Waals surface area contributed by atoms with Crippen LogP contribution in [0.3, 0.4) is 0 Å². The van der Waals surface area contributed by atoms with E-state index in [-0.39, 0.29) is 17.9 Å². The van der Waals surface area contributed by atoms with Crippen LogP contribution in [0, 0.1) is 0 Å². The van der Waals surface area contributed by atoms with Gasteiger partial charge in [0.15, 0.2) is 0 Å². The average Bonchev–Trinajstić information content (AvgIpc) is 3.12. The summed E-state index contributed by atoms with van der Waals surface area (Å²) in [7, 11) is 1.96. The van der Waals surface area contributed by atoms with Crippen molar-refractivity contribution < 1.29 is 9.59 Å². The SMILES string of the molecule is CNC1CCN(C(=O)C2CCCN2C(=O)c2ccc(Cl)c(Cl)c2)CC1. The van der Waals surface area contributed by atoms with Crippen molar-refractivity contribution in [2.45, 2.75) is 37.8 Å². The Kier molecular flexibility index (Phi) is 5.87. The fourth-order valence-electron chi connectivity index (χ4n) is 3.66. The van der Waals surface area contributed by atoms with E-state index in [2.05, 4.69) is 5.32 Å². The van der Waals surface area contributed by atoms with Crippen molar-refractivity contribution in [1.82, 2.24) is 15.1 Å². The highest BCUT2D eigenvalue weighted by atomic mass is 35.5. The zero-order valence-electron chi connectivity index (χ0n) is 14.3. The van der Waals surface area contributed by atoms with E-state index >= 15 is 0 Å². The lowest BCUT2D eigenvalue weighted by molar-refractivity contribution is -0.136. The topological polar surface area (TPSA) is 52.7 Å². The number of nitrogens with zero attached hydrogens (tertiary/aromatic N) is 2. The van der Waals surface area contributed by atoms with Crippen molar-refractivity contribution in [3.05, 3.63) is 33.8 Å². The zero-order valence-corrected chi connectivity index (χ0v) is 15.8. The van der Waals surface area contributed by atoms with E-state index in [0.29, 0.717) is 28.2 Å². The van der Waals surface area contributed by atoms with Gasteiger partial charge in [0.2, 0.25) is 5.91 Å². The molecule has 1 N–H and O–H groups in total. The standard InChI is InChI=1S/C18H23Cl2N3O2/c1-21-13-6-9-22(10-7-13)18(25)16-3-2-8-23(16)17(24)12-4-5-14(19)15(20)11-12/h4-5,11,13,16,21H,2-3,6-10H2,1H3. The summed E-state index contributed by atoms with van der Waals surface area (Å²) >= 11 is 12.0. The molecule has 0 spiro atoms. The number of hydrogen-bond acceptors (Lipinski definition) is 3. The van der Waals surface area contributed by atoms with Gasteiger partial charge < -0.3 is 15.1 Å². The Balaban J connectivity index is 1.70. The number of benzene rings is 1. The number of amides is 2. The van der Waals surface area contributed by atoms with Gasteiger partial charge in [-0.1, -0.05) is 23.2 Å². The Morgan fingerprint density at radius 1 is 1.08 bits per heavy atom. The van der Waals surface area contributed by atoms with Gasteiger partial charge >= 0.3 is 0 Å². The first-order valence-electron chi connectivity index (χ1n) is 8.73. The molecule has 2 heterocycles. The van der Waals surface area contributed by atoms with Gasteiger partial charge in [-0.15, -0.1) is 0 Å². The second kappa shape index (κ2) is 7.94. The molecular weight excluding hydrogens is 361 g/mol. The number of carbonyl (C=O) groups is 2. The summed E-state index contributed by atoms with van der Waals surface area (Å²) in [5, 5.41) is 4.03. The lowest BCUT2D eigenvalue weighted by atomic mass is 10.0. The number of rotatable bonds is 3. The van der Waals surface area contributed by atoms with Crippen LogP contribution < -0.4 is 5.32 Å². The average molecular weight is 384 g/mol. The molecule has 1 unspecified atom stereocenters. The highest BCUT2D eigenvalue weighted by Gasteiger charge is 2.37. The molecule has 5 nitrogen and oxygen atoms in total. The summed E-state index contributed by atoms with van der Waals surface area (Å²) in [5.41, 5.74) is 0.475. The summed E-state index contributed by atoms with van der Waals surface area (Å²) < 4.78 is 0. The van der Waals surface area contributed by atoms with E-state index in [1.807, 2.05) is 11.9 Å². The molecule has 3 rings (SSSR count).